The predicted molar refractivity (Wildman–Crippen MR) is 107 cm³/mol. The number of amides is 1. The maximum absolute atomic E-state index is 14.2. The molecular weight excluding hydrogens is 473 g/mol. The third kappa shape index (κ3) is 4.48. The summed E-state index contributed by atoms with van der Waals surface area (Å²) in [6.07, 6.45) is -3.63. The summed E-state index contributed by atoms with van der Waals surface area (Å²) >= 11 is 0. The van der Waals surface area contributed by atoms with Crippen molar-refractivity contribution < 1.29 is 44.6 Å². The average Bonchev–Trinajstić information content (AvgIpc) is 2.66. The van der Waals surface area contributed by atoms with Gasteiger partial charge in [-0.3, -0.25) is 4.79 Å². The van der Waals surface area contributed by atoms with Crippen molar-refractivity contribution in [1.29, 1.82) is 0 Å². The first kappa shape index (κ1) is 24.7. The van der Waals surface area contributed by atoms with E-state index < -0.39 is 66.7 Å². The smallest absolute Gasteiger partial charge is 0.432 e. The van der Waals surface area contributed by atoms with E-state index in [1.807, 2.05) is 0 Å². The number of likely N-dealkylation sites (tertiary alicyclic amines) is 1. The summed E-state index contributed by atoms with van der Waals surface area (Å²) in [7, 11) is -2.86. The molecule has 1 fully saturated rings. The Morgan fingerprint density at radius 1 is 1.06 bits per heavy atom. The maximum Gasteiger partial charge on any atom is 0.432 e. The van der Waals surface area contributed by atoms with Crippen LogP contribution in [0.25, 0.3) is 0 Å². The summed E-state index contributed by atoms with van der Waals surface area (Å²) in [4.78, 5) is 13.9. The van der Waals surface area contributed by atoms with Crippen molar-refractivity contribution in [2.75, 3.05) is 26.5 Å². The Labute approximate surface area is 186 Å². The van der Waals surface area contributed by atoms with Crippen LogP contribution >= 0.6 is 0 Å². The fourth-order valence-corrected chi connectivity index (χ4v) is 4.14. The number of sulfone groups is 1. The van der Waals surface area contributed by atoms with E-state index in [4.69, 9.17) is 9.47 Å². The SMILES string of the molecule is COc1c(S(C)(=O)=O)ccc(OC(C)(c2ccc(F)c(F)c2)C(F)(F)F)c1C(=O)N1CCC1. The first-order valence-electron chi connectivity index (χ1n) is 9.62. The lowest BCUT2D eigenvalue weighted by atomic mass is 9.94. The number of alkyl halides is 3. The summed E-state index contributed by atoms with van der Waals surface area (Å²) in [5.74, 6) is -4.75. The zero-order valence-corrected chi connectivity index (χ0v) is 18.6. The van der Waals surface area contributed by atoms with Gasteiger partial charge in [0, 0.05) is 24.9 Å². The van der Waals surface area contributed by atoms with Crippen LogP contribution in [0, 0.1) is 11.6 Å². The van der Waals surface area contributed by atoms with E-state index in [0.29, 0.717) is 44.6 Å². The molecule has 1 aliphatic rings. The molecule has 1 amide bonds. The summed E-state index contributed by atoms with van der Waals surface area (Å²) in [5.41, 5.74) is -4.50. The Bertz CT molecular complexity index is 1190. The van der Waals surface area contributed by atoms with Crippen LogP contribution in [0.2, 0.25) is 0 Å². The molecule has 12 heteroatoms. The van der Waals surface area contributed by atoms with E-state index in [-0.39, 0.29) is 0 Å². The van der Waals surface area contributed by atoms with Crippen LogP contribution in [0.4, 0.5) is 22.0 Å². The molecule has 3 rings (SSSR count). The number of methoxy groups -OCH3 is 1. The summed E-state index contributed by atoms with van der Waals surface area (Å²) in [6, 6.07) is 3.46. The third-order valence-corrected chi connectivity index (χ3v) is 6.49. The van der Waals surface area contributed by atoms with Crippen LogP contribution in [0.1, 0.15) is 29.3 Å². The number of rotatable bonds is 6. The van der Waals surface area contributed by atoms with Crippen LogP contribution in [-0.2, 0) is 15.4 Å². The second-order valence-corrected chi connectivity index (χ2v) is 9.63. The molecule has 33 heavy (non-hydrogen) atoms. The van der Waals surface area contributed by atoms with E-state index in [1.54, 1.807) is 0 Å². The molecule has 0 aliphatic carbocycles. The molecule has 2 aromatic rings. The van der Waals surface area contributed by atoms with Gasteiger partial charge < -0.3 is 14.4 Å². The van der Waals surface area contributed by atoms with Crippen molar-refractivity contribution in [2.45, 2.75) is 30.0 Å². The second-order valence-electron chi connectivity index (χ2n) is 7.65. The number of hydrogen-bond acceptors (Lipinski definition) is 5. The van der Waals surface area contributed by atoms with Crippen molar-refractivity contribution >= 4 is 15.7 Å². The number of nitrogens with zero attached hydrogens (tertiary/aromatic N) is 1. The zero-order valence-electron chi connectivity index (χ0n) is 17.8. The molecular formula is C21H20F5NO5S. The lowest BCUT2D eigenvalue weighted by Crippen LogP contribution is -2.46. The van der Waals surface area contributed by atoms with Gasteiger partial charge in [-0.1, -0.05) is 6.07 Å². The first-order chi connectivity index (χ1) is 15.2. The Morgan fingerprint density at radius 3 is 2.15 bits per heavy atom. The highest BCUT2D eigenvalue weighted by molar-refractivity contribution is 7.90. The van der Waals surface area contributed by atoms with Gasteiger partial charge in [0.1, 0.15) is 16.2 Å². The standard InChI is InChI=1S/C21H20F5NO5S/c1-20(21(24,25)26,12-5-6-13(22)14(23)11-12)32-15-7-8-16(33(3,29)30)18(31-2)17(15)19(28)27-9-4-10-27/h5-8,11H,4,9-10H2,1-3H3. The lowest BCUT2D eigenvalue weighted by Gasteiger charge is -2.36. The van der Waals surface area contributed by atoms with Gasteiger partial charge in [-0.2, -0.15) is 13.2 Å². The highest BCUT2D eigenvalue weighted by Crippen LogP contribution is 2.46. The molecule has 0 aromatic heterocycles. The van der Waals surface area contributed by atoms with E-state index in [9.17, 15) is 35.2 Å². The molecule has 0 spiro atoms. The monoisotopic (exact) mass is 493 g/mol. The normalized spacial score (nSPS) is 16.1. The fourth-order valence-electron chi connectivity index (χ4n) is 3.30. The van der Waals surface area contributed by atoms with Gasteiger partial charge in [-0.25, -0.2) is 17.2 Å². The van der Waals surface area contributed by atoms with Gasteiger partial charge in [-0.05, 0) is 37.6 Å². The molecule has 1 atom stereocenters. The summed E-state index contributed by atoms with van der Waals surface area (Å²) < 4.78 is 104. The highest BCUT2D eigenvalue weighted by atomic mass is 32.2. The molecule has 180 valence electrons. The van der Waals surface area contributed by atoms with E-state index in [2.05, 4.69) is 0 Å². The molecule has 1 aliphatic heterocycles. The molecule has 1 unspecified atom stereocenters. The predicted octanol–water partition coefficient (Wildman–Crippen LogP) is 4.08. The number of ether oxygens (including phenoxy) is 2. The van der Waals surface area contributed by atoms with E-state index >= 15 is 0 Å². The third-order valence-electron chi connectivity index (χ3n) is 5.37. The zero-order chi connectivity index (χ0) is 24.8. The maximum atomic E-state index is 14.2. The topological polar surface area (TPSA) is 72.9 Å². The highest BCUT2D eigenvalue weighted by Gasteiger charge is 2.56. The van der Waals surface area contributed by atoms with Crippen LogP contribution in [0.3, 0.4) is 0 Å². The molecule has 0 saturated carbocycles. The van der Waals surface area contributed by atoms with Crippen molar-refractivity contribution in [1.82, 2.24) is 4.90 Å². The number of benzene rings is 2. The van der Waals surface area contributed by atoms with Gasteiger partial charge in [0.2, 0.25) is 5.60 Å². The largest absolute Gasteiger partial charge is 0.494 e. The fraction of sp³-hybridized carbons (Fsp3) is 0.381. The minimum absolute atomic E-state index is 0.310. The second kappa shape index (κ2) is 8.47. The quantitative estimate of drug-likeness (QED) is 0.568. The minimum Gasteiger partial charge on any atom is -0.494 e. The Morgan fingerprint density at radius 2 is 1.70 bits per heavy atom. The van der Waals surface area contributed by atoms with Gasteiger partial charge in [0.05, 0.1) is 7.11 Å². The summed E-state index contributed by atoms with van der Waals surface area (Å²) in [6.45, 7) is 1.21. The van der Waals surface area contributed by atoms with Crippen molar-refractivity contribution in [3.8, 4) is 11.5 Å². The molecule has 6 nitrogen and oxygen atoms in total. The van der Waals surface area contributed by atoms with E-state index in [0.717, 1.165) is 25.5 Å². The molecule has 0 radical (unpaired) electrons. The average molecular weight is 493 g/mol. The van der Waals surface area contributed by atoms with Crippen LogP contribution < -0.4 is 9.47 Å². The molecule has 2 aromatic carbocycles. The molecule has 0 bridgehead atoms. The van der Waals surface area contributed by atoms with Crippen molar-refractivity contribution in [3.63, 3.8) is 0 Å². The molecule has 0 N–H and O–H groups in total. The molecule has 1 saturated heterocycles. The van der Waals surface area contributed by atoms with Gasteiger partial charge in [0.25, 0.3) is 5.91 Å². The minimum atomic E-state index is -5.14. The van der Waals surface area contributed by atoms with Crippen LogP contribution in [0.15, 0.2) is 35.2 Å². The summed E-state index contributed by atoms with van der Waals surface area (Å²) in [5, 5.41) is 0. The van der Waals surface area contributed by atoms with Gasteiger partial charge >= 0.3 is 6.18 Å². The number of carbonyl (C=O) groups excluding carboxylic acids is 1. The van der Waals surface area contributed by atoms with Crippen molar-refractivity contribution in [3.05, 3.63) is 53.1 Å². The lowest BCUT2D eigenvalue weighted by molar-refractivity contribution is -0.247. The Hall–Kier alpha value is -2.89. The Kier molecular flexibility index (Phi) is 6.35. The first-order valence-corrected chi connectivity index (χ1v) is 11.5. The van der Waals surface area contributed by atoms with Crippen molar-refractivity contribution in [2.24, 2.45) is 0 Å². The molecule has 1 heterocycles. The van der Waals surface area contributed by atoms with Gasteiger partial charge in [-0.15, -0.1) is 0 Å². The van der Waals surface area contributed by atoms with E-state index in [1.165, 1.54) is 4.90 Å². The van der Waals surface area contributed by atoms with Crippen LogP contribution in [-0.4, -0.2) is 51.9 Å². The number of hydrogen-bond donors (Lipinski definition) is 0. The van der Waals surface area contributed by atoms with Gasteiger partial charge in [0.15, 0.2) is 27.2 Å². The Balaban J connectivity index is 2.25. The van der Waals surface area contributed by atoms with Crippen LogP contribution in [0.5, 0.6) is 11.5 Å². The number of carbonyl (C=O) groups is 1. The number of halogens is 5.